The topological polar surface area (TPSA) is 114 Å². The number of ether oxygens (including phenoxy) is 1. The maximum atomic E-state index is 11.7. The first-order chi connectivity index (χ1) is 10.7. The number of piperidine rings is 1. The molecule has 1 atom stereocenters. The van der Waals surface area contributed by atoms with Gasteiger partial charge in [-0.1, -0.05) is 6.42 Å². The van der Waals surface area contributed by atoms with Gasteiger partial charge in [-0.15, -0.1) is 0 Å². The number of carbonyl (C=O) groups excluding carboxylic acids is 3. The number of hydrogen-bond donors (Lipinski definition) is 3. The third-order valence-corrected chi connectivity index (χ3v) is 3.52. The number of urea groups is 1. The van der Waals surface area contributed by atoms with Crippen LogP contribution in [0.25, 0.3) is 0 Å². The van der Waals surface area contributed by atoms with Gasteiger partial charge in [-0.25, -0.2) is 9.59 Å². The molecule has 8 nitrogen and oxygen atoms in total. The van der Waals surface area contributed by atoms with E-state index >= 15 is 0 Å². The molecule has 1 saturated heterocycles. The lowest BCUT2D eigenvalue weighted by atomic mass is 10.0. The number of nitrogens with two attached hydrogens (primary N) is 1. The second kappa shape index (κ2) is 8.71. The average Bonchev–Trinajstić information content (AvgIpc) is 2.41. The summed E-state index contributed by atoms with van der Waals surface area (Å²) in [6.07, 6.45) is 2.86. The van der Waals surface area contributed by atoms with Crippen molar-refractivity contribution in [2.24, 2.45) is 5.73 Å². The van der Waals surface area contributed by atoms with E-state index in [4.69, 9.17) is 10.5 Å². The van der Waals surface area contributed by atoms with E-state index in [1.165, 1.54) is 0 Å². The first kappa shape index (κ1) is 19.2. The number of rotatable bonds is 5. The lowest BCUT2D eigenvalue weighted by Crippen LogP contribution is -2.48. The van der Waals surface area contributed by atoms with Gasteiger partial charge in [0, 0.05) is 25.6 Å². The van der Waals surface area contributed by atoms with Gasteiger partial charge in [0.2, 0.25) is 5.91 Å². The molecule has 0 aromatic carbocycles. The molecule has 0 aliphatic carbocycles. The number of imide groups is 1. The maximum Gasteiger partial charge on any atom is 0.407 e. The molecule has 0 bridgehead atoms. The van der Waals surface area contributed by atoms with Gasteiger partial charge < -0.3 is 15.8 Å². The van der Waals surface area contributed by atoms with Crippen molar-refractivity contribution >= 4 is 18.0 Å². The first-order valence-electron chi connectivity index (χ1n) is 7.97. The number of carbonyl (C=O) groups is 3. The summed E-state index contributed by atoms with van der Waals surface area (Å²) in [4.78, 5) is 36.0. The van der Waals surface area contributed by atoms with Gasteiger partial charge in [0.05, 0.1) is 0 Å². The van der Waals surface area contributed by atoms with E-state index in [0.717, 1.165) is 25.8 Å². The highest BCUT2D eigenvalue weighted by atomic mass is 16.6. The third-order valence-electron chi connectivity index (χ3n) is 3.52. The van der Waals surface area contributed by atoms with Crippen LogP contribution in [0.1, 0.15) is 46.5 Å². The van der Waals surface area contributed by atoms with Crippen molar-refractivity contribution in [1.29, 1.82) is 0 Å². The van der Waals surface area contributed by atoms with Gasteiger partial charge in [0.15, 0.2) is 0 Å². The lowest BCUT2D eigenvalue weighted by molar-refractivity contribution is -0.120. The molecular formula is C15H28N4O4. The summed E-state index contributed by atoms with van der Waals surface area (Å²) in [6, 6.07) is -0.672. The Bertz CT molecular complexity index is 434. The van der Waals surface area contributed by atoms with E-state index in [1.807, 2.05) is 20.8 Å². The molecule has 0 saturated carbocycles. The summed E-state index contributed by atoms with van der Waals surface area (Å²) >= 11 is 0. The second-order valence-electron chi connectivity index (χ2n) is 6.73. The van der Waals surface area contributed by atoms with Crippen molar-refractivity contribution in [2.45, 2.75) is 58.1 Å². The van der Waals surface area contributed by atoms with Gasteiger partial charge in [0.1, 0.15) is 5.60 Å². The number of alkyl carbamates (subject to hydrolysis) is 1. The predicted octanol–water partition coefficient (Wildman–Crippen LogP) is 0.951. The molecular weight excluding hydrogens is 300 g/mol. The summed E-state index contributed by atoms with van der Waals surface area (Å²) in [7, 11) is 0. The molecule has 0 unspecified atom stereocenters. The average molecular weight is 328 g/mol. The number of likely N-dealkylation sites (tertiary alicyclic amines) is 1. The van der Waals surface area contributed by atoms with Crippen LogP contribution in [-0.2, 0) is 9.53 Å². The van der Waals surface area contributed by atoms with Crippen molar-refractivity contribution in [1.82, 2.24) is 15.5 Å². The molecule has 23 heavy (non-hydrogen) atoms. The van der Waals surface area contributed by atoms with Crippen molar-refractivity contribution in [3.05, 3.63) is 0 Å². The maximum absolute atomic E-state index is 11.7. The molecule has 8 heteroatoms. The Morgan fingerprint density at radius 3 is 2.57 bits per heavy atom. The Labute approximate surface area is 137 Å². The van der Waals surface area contributed by atoms with Crippen LogP contribution in [0.2, 0.25) is 0 Å². The Balaban J connectivity index is 2.40. The number of hydrogen-bond acceptors (Lipinski definition) is 5. The molecule has 1 heterocycles. The Morgan fingerprint density at radius 1 is 1.26 bits per heavy atom. The monoisotopic (exact) mass is 328 g/mol. The van der Waals surface area contributed by atoms with E-state index in [-0.39, 0.29) is 18.4 Å². The molecule has 4 amide bonds. The van der Waals surface area contributed by atoms with Crippen LogP contribution in [0.4, 0.5) is 9.59 Å². The zero-order valence-corrected chi connectivity index (χ0v) is 14.2. The van der Waals surface area contributed by atoms with Crippen molar-refractivity contribution < 1.29 is 19.1 Å². The van der Waals surface area contributed by atoms with Gasteiger partial charge >= 0.3 is 12.1 Å². The number of primary amides is 1. The molecule has 1 fully saturated rings. The van der Waals surface area contributed by atoms with Crippen molar-refractivity contribution in [3.8, 4) is 0 Å². The Hall–Kier alpha value is -1.83. The number of nitrogens with one attached hydrogen (secondary N) is 2. The molecule has 1 rings (SSSR count). The standard InChI is InChI=1S/C15H28N4O4/c1-15(2,3)23-14(22)17-10-11-6-4-5-8-19(11)9-7-12(20)18-13(16)21/h11H,4-10H2,1-3H3,(H,17,22)(H3,16,18,20,21)/t11-/m1/s1. The molecule has 0 radical (unpaired) electrons. The highest BCUT2D eigenvalue weighted by Gasteiger charge is 2.24. The van der Waals surface area contributed by atoms with Crippen molar-refractivity contribution in [3.63, 3.8) is 0 Å². The fraction of sp³-hybridized carbons (Fsp3) is 0.800. The summed E-state index contributed by atoms with van der Waals surface area (Å²) in [5.41, 5.74) is 4.39. The highest BCUT2D eigenvalue weighted by Crippen LogP contribution is 2.17. The minimum atomic E-state index is -0.836. The Morgan fingerprint density at radius 2 is 1.96 bits per heavy atom. The zero-order chi connectivity index (χ0) is 17.5. The molecule has 1 aliphatic rings. The van der Waals surface area contributed by atoms with Crippen LogP contribution in [0.15, 0.2) is 0 Å². The van der Waals surface area contributed by atoms with Crippen LogP contribution in [-0.4, -0.2) is 54.2 Å². The van der Waals surface area contributed by atoms with Crippen LogP contribution in [0.3, 0.4) is 0 Å². The summed E-state index contributed by atoms with van der Waals surface area (Å²) in [5.74, 6) is -0.387. The number of nitrogens with zero attached hydrogens (tertiary/aromatic N) is 1. The fourth-order valence-electron chi connectivity index (χ4n) is 2.55. The van der Waals surface area contributed by atoms with Crippen molar-refractivity contribution in [2.75, 3.05) is 19.6 Å². The zero-order valence-electron chi connectivity index (χ0n) is 14.2. The van der Waals surface area contributed by atoms with Crippen LogP contribution in [0.5, 0.6) is 0 Å². The minimum Gasteiger partial charge on any atom is -0.444 e. The van der Waals surface area contributed by atoms with E-state index in [2.05, 4.69) is 15.5 Å². The second-order valence-corrected chi connectivity index (χ2v) is 6.73. The quantitative estimate of drug-likeness (QED) is 0.695. The molecule has 0 spiro atoms. The van der Waals surface area contributed by atoms with Gasteiger partial charge in [-0.3, -0.25) is 15.0 Å². The third kappa shape index (κ3) is 8.39. The SMILES string of the molecule is CC(C)(C)OC(=O)NC[C@H]1CCCCN1CCC(=O)NC(N)=O. The van der Waals surface area contributed by atoms with E-state index in [1.54, 1.807) is 0 Å². The number of amides is 4. The Kier molecular flexibility index (Phi) is 7.28. The van der Waals surface area contributed by atoms with Crippen LogP contribution in [0, 0.1) is 0 Å². The van der Waals surface area contributed by atoms with Gasteiger partial charge in [-0.05, 0) is 40.2 Å². The minimum absolute atomic E-state index is 0.164. The molecule has 4 N–H and O–H groups in total. The summed E-state index contributed by atoms with van der Waals surface area (Å²) in [6.45, 7) is 7.32. The van der Waals surface area contributed by atoms with Crippen LogP contribution >= 0.6 is 0 Å². The predicted molar refractivity (Wildman–Crippen MR) is 85.8 cm³/mol. The van der Waals surface area contributed by atoms with E-state index in [0.29, 0.717) is 13.1 Å². The smallest absolute Gasteiger partial charge is 0.407 e. The summed E-state index contributed by atoms with van der Waals surface area (Å²) < 4.78 is 5.22. The molecule has 0 aromatic heterocycles. The van der Waals surface area contributed by atoms with E-state index < -0.39 is 17.7 Å². The first-order valence-corrected chi connectivity index (χ1v) is 7.97. The van der Waals surface area contributed by atoms with E-state index in [9.17, 15) is 14.4 Å². The molecule has 0 aromatic rings. The van der Waals surface area contributed by atoms with Crippen LogP contribution < -0.4 is 16.4 Å². The van der Waals surface area contributed by atoms with Gasteiger partial charge in [0.25, 0.3) is 0 Å². The molecule has 1 aliphatic heterocycles. The largest absolute Gasteiger partial charge is 0.444 e. The highest BCUT2D eigenvalue weighted by molar-refractivity contribution is 5.93. The fourth-order valence-corrected chi connectivity index (χ4v) is 2.55. The molecule has 132 valence electrons. The lowest BCUT2D eigenvalue weighted by Gasteiger charge is -2.35. The normalized spacial score (nSPS) is 19.0. The summed E-state index contributed by atoms with van der Waals surface area (Å²) in [5, 5.41) is 4.84. The van der Waals surface area contributed by atoms with Gasteiger partial charge in [-0.2, -0.15) is 0 Å².